The van der Waals surface area contributed by atoms with E-state index in [0.717, 1.165) is 32.5 Å². The van der Waals surface area contributed by atoms with Crippen LogP contribution in [0.25, 0.3) is 0 Å². The van der Waals surface area contributed by atoms with E-state index in [-0.39, 0.29) is 12.5 Å². The lowest BCUT2D eigenvalue weighted by Crippen LogP contribution is -2.29. The lowest BCUT2D eigenvalue weighted by Gasteiger charge is -2.16. The Bertz CT molecular complexity index is 419. The lowest BCUT2D eigenvalue weighted by atomic mass is 10.3. The molecule has 0 radical (unpaired) electrons. The second-order valence-corrected chi connectivity index (χ2v) is 5.15. The summed E-state index contributed by atoms with van der Waals surface area (Å²) >= 11 is 0. The van der Waals surface area contributed by atoms with Crippen molar-refractivity contribution in [3.05, 3.63) is 36.4 Å². The highest BCUT2D eigenvalue weighted by Crippen LogP contribution is 2.07. The van der Waals surface area contributed by atoms with Gasteiger partial charge >= 0.3 is 0 Å². The van der Waals surface area contributed by atoms with Crippen LogP contribution in [0.1, 0.15) is 12.8 Å². The third-order valence-electron chi connectivity index (χ3n) is 3.15. The molecule has 0 aromatic carbocycles. The number of amides is 1. The van der Waals surface area contributed by atoms with Crippen LogP contribution in [-0.2, 0) is 14.3 Å². The van der Waals surface area contributed by atoms with Crippen molar-refractivity contribution in [1.29, 1.82) is 0 Å². The first kappa shape index (κ1) is 18.3. The van der Waals surface area contributed by atoms with Crippen LogP contribution in [0.3, 0.4) is 0 Å². The summed E-state index contributed by atoms with van der Waals surface area (Å²) in [7, 11) is 4.07. The maximum Gasteiger partial charge on any atom is 0.262 e. The van der Waals surface area contributed by atoms with Crippen molar-refractivity contribution in [3.63, 3.8) is 0 Å². The van der Waals surface area contributed by atoms with E-state index in [0.29, 0.717) is 18.1 Å². The van der Waals surface area contributed by atoms with Crippen molar-refractivity contribution in [2.75, 3.05) is 46.9 Å². The fourth-order valence-corrected chi connectivity index (χ4v) is 1.90. The number of likely N-dealkylation sites (N-methyl/N-ethyl adjacent to an activating group) is 2. The third kappa shape index (κ3) is 7.85. The standard InChI is InChI=1S/C16H27N3O3/c1-4-15(11-14-12-21-13-16(20)18-14)22-10-6-5-8-19(3)9-7-17-2/h4,11-12,17H,1,5-10,13H2,2-3H3,(H,18,20)/b15-11+. The molecule has 6 heteroatoms. The molecule has 0 fully saturated rings. The number of hydrogen-bond acceptors (Lipinski definition) is 5. The summed E-state index contributed by atoms with van der Waals surface area (Å²) in [6.45, 7) is 7.49. The second kappa shape index (κ2) is 10.9. The van der Waals surface area contributed by atoms with Crippen LogP contribution >= 0.6 is 0 Å². The van der Waals surface area contributed by atoms with Gasteiger partial charge in [0, 0.05) is 19.2 Å². The molecule has 0 aromatic rings. The third-order valence-corrected chi connectivity index (χ3v) is 3.15. The Labute approximate surface area is 132 Å². The highest BCUT2D eigenvalue weighted by molar-refractivity contribution is 5.80. The minimum Gasteiger partial charge on any atom is -0.494 e. The van der Waals surface area contributed by atoms with Gasteiger partial charge in [0.15, 0.2) is 6.61 Å². The van der Waals surface area contributed by atoms with Crippen LogP contribution in [0, 0.1) is 0 Å². The second-order valence-electron chi connectivity index (χ2n) is 5.15. The summed E-state index contributed by atoms with van der Waals surface area (Å²) in [4.78, 5) is 13.5. The summed E-state index contributed by atoms with van der Waals surface area (Å²) in [5.41, 5.74) is 0.581. The Morgan fingerprint density at radius 3 is 3.05 bits per heavy atom. The number of nitrogens with zero attached hydrogens (tertiary/aromatic N) is 1. The molecular weight excluding hydrogens is 282 g/mol. The summed E-state index contributed by atoms with van der Waals surface area (Å²) in [5, 5.41) is 5.83. The van der Waals surface area contributed by atoms with Gasteiger partial charge in [0.1, 0.15) is 12.0 Å². The summed E-state index contributed by atoms with van der Waals surface area (Å²) < 4.78 is 10.7. The van der Waals surface area contributed by atoms with Crippen molar-refractivity contribution in [2.24, 2.45) is 0 Å². The average molecular weight is 309 g/mol. The number of nitrogens with one attached hydrogen (secondary N) is 2. The number of carbonyl (C=O) groups excluding carboxylic acids is 1. The van der Waals surface area contributed by atoms with Crippen LogP contribution in [0.2, 0.25) is 0 Å². The largest absolute Gasteiger partial charge is 0.494 e. The van der Waals surface area contributed by atoms with Crippen molar-refractivity contribution in [2.45, 2.75) is 12.8 Å². The topological polar surface area (TPSA) is 62.8 Å². The molecule has 1 aliphatic heterocycles. The van der Waals surface area contributed by atoms with Gasteiger partial charge in [0.05, 0.1) is 12.3 Å². The Hall–Kier alpha value is -1.79. The molecule has 0 aromatic heterocycles. The number of hydrogen-bond donors (Lipinski definition) is 2. The van der Waals surface area contributed by atoms with Crippen molar-refractivity contribution in [1.82, 2.24) is 15.5 Å². The molecule has 0 spiro atoms. The van der Waals surface area contributed by atoms with Gasteiger partial charge in [-0.25, -0.2) is 0 Å². The van der Waals surface area contributed by atoms with Crippen LogP contribution in [0.5, 0.6) is 0 Å². The predicted molar refractivity (Wildman–Crippen MR) is 87.1 cm³/mol. The predicted octanol–water partition coefficient (Wildman–Crippen LogP) is 0.992. The smallest absolute Gasteiger partial charge is 0.262 e. The fraction of sp³-hybridized carbons (Fsp3) is 0.562. The first-order chi connectivity index (χ1) is 10.7. The molecule has 22 heavy (non-hydrogen) atoms. The van der Waals surface area contributed by atoms with E-state index in [9.17, 15) is 4.79 Å². The van der Waals surface area contributed by atoms with Gasteiger partial charge in [-0.2, -0.15) is 0 Å². The molecule has 1 rings (SSSR count). The summed E-state index contributed by atoms with van der Waals surface area (Å²) in [6.07, 6.45) is 6.89. The molecule has 0 saturated heterocycles. The highest BCUT2D eigenvalue weighted by Gasteiger charge is 2.09. The number of allylic oxidation sites excluding steroid dienone is 2. The molecule has 124 valence electrons. The van der Waals surface area contributed by atoms with Crippen molar-refractivity contribution in [3.8, 4) is 0 Å². The molecule has 2 N–H and O–H groups in total. The Morgan fingerprint density at radius 2 is 2.36 bits per heavy atom. The number of unbranched alkanes of at least 4 members (excludes halogenated alkanes) is 1. The number of carbonyl (C=O) groups is 1. The zero-order chi connectivity index (χ0) is 16.2. The van der Waals surface area contributed by atoms with E-state index in [1.807, 2.05) is 7.05 Å². The maximum absolute atomic E-state index is 11.2. The molecule has 1 amide bonds. The first-order valence-electron chi connectivity index (χ1n) is 7.57. The molecule has 0 unspecified atom stereocenters. The molecule has 1 heterocycles. The highest BCUT2D eigenvalue weighted by atomic mass is 16.5. The van der Waals surface area contributed by atoms with Crippen LogP contribution < -0.4 is 10.6 Å². The van der Waals surface area contributed by atoms with Gasteiger partial charge in [-0.15, -0.1) is 0 Å². The van der Waals surface area contributed by atoms with Gasteiger partial charge in [0.2, 0.25) is 0 Å². The van der Waals surface area contributed by atoms with Gasteiger partial charge in [-0.05, 0) is 39.6 Å². The van der Waals surface area contributed by atoms with E-state index >= 15 is 0 Å². The quantitative estimate of drug-likeness (QED) is 0.339. The number of rotatable bonds is 11. The minimum atomic E-state index is -0.165. The molecule has 1 aliphatic rings. The Morgan fingerprint density at radius 1 is 1.55 bits per heavy atom. The van der Waals surface area contributed by atoms with Gasteiger partial charge in [-0.3, -0.25) is 4.79 Å². The maximum atomic E-state index is 11.2. The van der Waals surface area contributed by atoms with Gasteiger partial charge in [0.25, 0.3) is 5.91 Å². The molecular formula is C16H27N3O3. The Kier molecular flexibility index (Phi) is 9.02. The van der Waals surface area contributed by atoms with Gasteiger partial charge < -0.3 is 25.0 Å². The molecule has 0 aliphatic carbocycles. The molecule has 6 nitrogen and oxygen atoms in total. The first-order valence-corrected chi connectivity index (χ1v) is 7.57. The normalized spacial score (nSPS) is 15.1. The minimum absolute atomic E-state index is 0.0582. The van der Waals surface area contributed by atoms with E-state index in [4.69, 9.17) is 9.47 Å². The van der Waals surface area contributed by atoms with E-state index in [1.54, 1.807) is 12.2 Å². The monoisotopic (exact) mass is 309 g/mol. The molecule has 0 bridgehead atoms. The van der Waals surface area contributed by atoms with Crippen molar-refractivity contribution >= 4 is 5.91 Å². The van der Waals surface area contributed by atoms with Gasteiger partial charge in [-0.1, -0.05) is 6.58 Å². The zero-order valence-electron chi connectivity index (χ0n) is 13.6. The fourth-order valence-electron chi connectivity index (χ4n) is 1.90. The van der Waals surface area contributed by atoms with E-state index in [1.165, 1.54) is 6.26 Å². The van der Waals surface area contributed by atoms with Crippen LogP contribution in [-0.4, -0.2) is 57.8 Å². The van der Waals surface area contributed by atoms with E-state index in [2.05, 4.69) is 29.2 Å². The van der Waals surface area contributed by atoms with Crippen LogP contribution in [0.15, 0.2) is 36.4 Å². The average Bonchev–Trinajstić information content (AvgIpc) is 2.51. The summed E-state index contributed by atoms with van der Waals surface area (Å²) in [6, 6.07) is 0. The molecule has 0 saturated carbocycles. The van der Waals surface area contributed by atoms with E-state index < -0.39 is 0 Å². The Balaban J connectivity index is 2.22. The molecule has 0 atom stereocenters. The SMILES string of the molecule is C=C/C(=C\C1=COCC(=O)N1)OCCCCN(C)CCNC. The lowest BCUT2D eigenvalue weighted by molar-refractivity contribution is -0.124. The zero-order valence-corrected chi connectivity index (χ0v) is 13.6. The summed E-state index contributed by atoms with van der Waals surface area (Å²) in [5.74, 6) is 0.461. The van der Waals surface area contributed by atoms with Crippen molar-refractivity contribution < 1.29 is 14.3 Å². The van der Waals surface area contributed by atoms with Crippen LogP contribution in [0.4, 0.5) is 0 Å². The number of ether oxygens (including phenoxy) is 2.